The van der Waals surface area contributed by atoms with Crippen LogP contribution in [0.2, 0.25) is 0 Å². The van der Waals surface area contributed by atoms with Gasteiger partial charge in [0.1, 0.15) is 4.32 Å². The first-order valence-corrected chi connectivity index (χ1v) is 4.93. The van der Waals surface area contributed by atoms with E-state index in [0.29, 0.717) is 0 Å². The average molecular weight is 189 g/mol. The topological polar surface area (TPSA) is 3.24 Å². The van der Waals surface area contributed by atoms with Crippen LogP contribution in [0.25, 0.3) is 0 Å². The number of thiocarbonyl (C=S) groups is 1. The molecule has 0 bridgehead atoms. The molecule has 0 aromatic carbocycles. The fourth-order valence-electron chi connectivity index (χ4n) is 1.82. The first-order valence-electron chi connectivity index (χ1n) is 4.07. The van der Waals surface area contributed by atoms with Gasteiger partial charge in [-0.1, -0.05) is 26.1 Å². The highest BCUT2D eigenvalue weighted by atomic mass is 32.1. The summed E-state index contributed by atoms with van der Waals surface area (Å²) in [6, 6.07) is 0. The van der Waals surface area contributed by atoms with Crippen molar-refractivity contribution in [3.05, 3.63) is 0 Å². The van der Waals surface area contributed by atoms with Gasteiger partial charge in [-0.2, -0.15) is 0 Å². The lowest BCUT2D eigenvalue weighted by atomic mass is 9.92. The highest BCUT2D eigenvalue weighted by molar-refractivity contribution is 8.10. The summed E-state index contributed by atoms with van der Waals surface area (Å²) in [5.41, 5.74) is 0. The standard InChI is InChI=1S/C8H15NS2/c1-6-3-7(2)5-9(4-6)8(10)11/h6-7H,3-5H2,1-2H3,(H,10,11). The Morgan fingerprint density at radius 3 is 2.18 bits per heavy atom. The summed E-state index contributed by atoms with van der Waals surface area (Å²) in [5, 5.41) is 0. The fourth-order valence-corrected chi connectivity index (χ4v) is 2.13. The molecule has 2 unspecified atom stereocenters. The first-order chi connectivity index (χ1) is 5.09. The van der Waals surface area contributed by atoms with Gasteiger partial charge in [-0.25, -0.2) is 0 Å². The molecule has 0 amide bonds. The molecule has 0 spiro atoms. The van der Waals surface area contributed by atoms with Crippen molar-refractivity contribution >= 4 is 29.2 Å². The molecule has 1 aliphatic heterocycles. The van der Waals surface area contributed by atoms with Gasteiger partial charge in [0.15, 0.2) is 0 Å². The number of nitrogens with zero attached hydrogens (tertiary/aromatic N) is 1. The van der Waals surface area contributed by atoms with Gasteiger partial charge in [-0.05, 0) is 18.3 Å². The maximum atomic E-state index is 5.01. The van der Waals surface area contributed by atoms with Gasteiger partial charge in [0.05, 0.1) is 0 Å². The average Bonchev–Trinajstić information content (AvgIpc) is 1.85. The molecular weight excluding hydrogens is 174 g/mol. The van der Waals surface area contributed by atoms with E-state index in [1.807, 2.05) is 0 Å². The lowest BCUT2D eigenvalue weighted by Gasteiger charge is -2.35. The number of thiol groups is 1. The molecule has 0 N–H and O–H groups in total. The molecule has 0 saturated carbocycles. The highest BCUT2D eigenvalue weighted by Crippen LogP contribution is 2.21. The summed E-state index contributed by atoms with van der Waals surface area (Å²) in [5.74, 6) is 1.53. The van der Waals surface area contributed by atoms with Crippen molar-refractivity contribution in [3.63, 3.8) is 0 Å². The molecule has 11 heavy (non-hydrogen) atoms. The Morgan fingerprint density at radius 2 is 1.82 bits per heavy atom. The number of hydrogen-bond acceptors (Lipinski definition) is 1. The highest BCUT2D eigenvalue weighted by Gasteiger charge is 2.21. The Morgan fingerprint density at radius 1 is 1.36 bits per heavy atom. The van der Waals surface area contributed by atoms with Crippen LogP contribution in [-0.4, -0.2) is 22.3 Å². The molecule has 1 heterocycles. The molecule has 0 radical (unpaired) electrons. The Kier molecular flexibility index (Phi) is 3.19. The summed E-state index contributed by atoms with van der Waals surface area (Å²) in [7, 11) is 0. The van der Waals surface area contributed by atoms with E-state index in [0.717, 1.165) is 29.2 Å². The van der Waals surface area contributed by atoms with Gasteiger partial charge < -0.3 is 4.90 Å². The van der Waals surface area contributed by atoms with Crippen molar-refractivity contribution in [1.82, 2.24) is 4.90 Å². The molecule has 3 heteroatoms. The smallest absolute Gasteiger partial charge is 0.133 e. The minimum Gasteiger partial charge on any atom is -0.357 e. The van der Waals surface area contributed by atoms with Crippen LogP contribution in [0.3, 0.4) is 0 Å². The van der Waals surface area contributed by atoms with Crippen LogP contribution in [0.4, 0.5) is 0 Å². The van der Waals surface area contributed by atoms with E-state index < -0.39 is 0 Å². The van der Waals surface area contributed by atoms with Gasteiger partial charge in [0.25, 0.3) is 0 Å². The van der Waals surface area contributed by atoms with Crippen LogP contribution in [0.15, 0.2) is 0 Å². The molecule has 1 saturated heterocycles. The SMILES string of the molecule is CC1CC(C)CN(C(=S)S)C1. The normalized spacial score (nSPS) is 32.1. The molecule has 0 aromatic rings. The lowest BCUT2D eigenvalue weighted by molar-refractivity contribution is 0.219. The quantitative estimate of drug-likeness (QED) is 0.459. The zero-order valence-corrected chi connectivity index (χ0v) is 8.79. The number of piperidine rings is 1. The molecule has 64 valence electrons. The summed E-state index contributed by atoms with van der Waals surface area (Å²) >= 11 is 9.19. The van der Waals surface area contributed by atoms with Crippen molar-refractivity contribution in [1.29, 1.82) is 0 Å². The minimum atomic E-state index is 0.753. The second-order valence-corrected chi connectivity index (χ2v) is 4.75. The third-order valence-corrected chi connectivity index (χ3v) is 2.68. The number of likely N-dealkylation sites (tertiary alicyclic amines) is 1. The van der Waals surface area contributed by atoms with E-state index in [1.165, 1.54) is 6.42 Å². The van der Waals surface area contributed by atoms with Gasteiger partial charge in [0.2, 0.25) is 0 Å². The molecule has 1 aliphatic rings. The van der Waals surface area contributed by atoms with E-state index in [4.69, 9.17) is 12.2 Å². The third-order valence-electron chi connectivity index (χ3n) is 2.14. The lowest BCUT2D eigenvalue weighted by Crippen LogP contribution is -2.39. The van der Waals surface area contributed by atoms with E-state index in [2.05, 4.69) is 31.4 Å². The predicted molar refractivity (Wildman–Crippen MR) is 56.1 cm³/mol. The van der Waals surface area contributed by atoms with Crippen LogP contribution in [0.1, 0.15) is 20.3 Å². The van der Waals surface area contributed by atoms with Crippen LogP contribution in [-0.2, 0) is 0 Å². The third kappa shape index (κ3) is 2.64. The van der Waals surface area contributed by atoms with Gasteiger partial charge in [-0.15, -0.1) is 12.6 Å². The van der Waals surface area contributed by atoms with Crippen molar-refractivity contribution < 1.29 is 0 Å². The maximum Gasteiger partial charge on any atom is 0.133 e. The molecular formula is C8H15NS2. The first kappa shape index (κ1) is 9.33. The van der Waals surface area contributed by atoms with E-state index in [-0.39, 0.29) is 0 Å². The summed E-state index contributed by atoms with van der Waals surface area (Å²) < 4.78 is 0.753. The van der Waals surface area contributed by atoms with Crippen molar-refractivity contribution in [2.45, 2.75) is 20.3 Å². The minimum absolute atomic E-state index is 0.753. The maximum absolute atomic E-state index is 5.01. The monoisotopic (exact) mass is 189 g/mol. The zero-order chi connectivity index (χ0) is 8.43. The number of rotatable bonds is 0. The van der Waals surface area contributed by atoms with E-state index in [9.17, 15) is 0 Å². The van der Waals surface area contributed by atoms with Crippen molar-refractivity contribution in [2.24, 2.45) is 11.8 Å². The molecule has 2 atom stereocenters. The number of hydrogen-bond donors (Lipinski definition) is 1. The summed E-state index contributed by atoms with van der Waals surface area (Å²) in [4.78, 5) is 2.19. The van der Waals surface area contributed by atoms with Crippen molar-refractivity contribution in [3.8, 4) is 0 Å². The van der Waals surface area contributed by atoms with Crippen LogP contribution < -0.4 is 0 Å². The molecule has 1 nitrogen and oxygen atoms in total. The van der Waals surface area contributed by atoms with E-state index >= 15 is 0 Å². The summed E-state index contributed by atoms with van der Waals surface area (Å²) in [6.45, 7) is 6.72. The van der Waals surface area contributed by atoms with Crippen LogP contribution in [0, 0.1) is 11.8 Å². The fraction of sp³-hybridized carbons (Fsp3) is 0.875. The predicted octanol–water partition coefficient (Wildman–Crippen LogP) is 2.18. The van der Waals surface area contributed by atoms with Crippen molar-refractivity contribution in [2.75, 3.05) is 13.1 Å². The van der Waals surface area contributed by atoms with E-state index in [1.54, 1.807) is 0 Å². The largest absolute Gasteiger partial charge is 0.357 e. The Balaban J connectivity index is 2.49. The zero-order valence-electron chi connectivity index (χ0n) is 7.08. The molecule has 1 rings (SSSR count). The Hall–Kier alpha value is 0.240. The second-order valence-electron chi connectivity index (χ2n) is 3.63. The second kappa shape index (κ2) is 3.76. The Labute approximate surface area is 79.6 Å². The van der Waals surface area contributed by atoms with Crippen LogP contribution in [0.5, 0.6) is 0 Å². The van der Waals surface area contributed by atoms with Gasteiger partial charge in [-0.3, -0.25) is 0 Å². The molecule has 0 aromatic heterocycles. The molecule has 1 fully saturated rings. The summed E-state index contributed by atoms with van der Waals surface area (Å²) in [6.07, 6.45) is 1.33. The molecule has 0 aliphatic carbocycles. The van der Waals surface area contributed by atoms with Gasteiger partial charge in [0, 0.05) is 13.1 Å². The van der Waals surface area contributed by atoms with Gasteiger partial charge >= 0.3 is 0 Å². The van der Waals surface area contributed by atoms with Crippen LogP contribution >= 0.6 is 24.8 Å². The Bertz CT molecular complexity index is 148.